The van der Waals surface area contributed by atoms with Crippen LogP contribution in [0.15, 0.2) is 64.2 Å². The number of H-pyrrole nitrogens is 1. The molecule has 8 heteroatoms. The van der Waals surface area contributed by atoms with E-state index in [1.165, 1.54) is 4.57 Å². The molecule has 0 aliphatic rings. The molecule has 1 aromatic heterocycles. The molecule has 0 aliphatic carbocycles. The quantitative estimate of drug-likeness (QED) is 0.513. The fourth-order valence-corrected chi connectivity index (χ4v) is 3.58. The minimum atomic E-state index is -0.619. The molecule has 3 rings (SSSR count). The summed E-state index contributed by atoms with van der Waals surface area (Å²) in [5, 5.41) is 2.86. The van der Waals surface area contributed by atoms with Crippen LogP contribution in [0.25, 0.3) is 0 Å². The molecule has 0 atom stereocenters. The van der Waals surface area contributed by atoms with Crippen LogP contribution in [0, 0.1) is 0 Å². The number of carbonyl (C=O) groups excluding carboxylic acids is 1. The van der Waals surface area contributed by atoms with E-state index in [9.17, 15) is 14.4 Å². The van der Waals surface area contributed by atoms with Gasteiger partial charge < -0.3 is 16.0 Å². The predicted octanol–water partition coefficient (Wildman–Crippen LogP) is 2.93. The Balaban J connectivity index is 1.82. The lowest BCUT2D eigenvalue weighted by Gasteiger charge is -2.24. The molecule has 0 aliphatic heterocycles. The second-order valence-electron chi connectivity index (χ2n) is 8.95. The molecule has 0 saturated heterocycles. The zero-order chi connectivity index (χ0) is 24.2. The van der Waals surface area contributed by atoms with E-state index in [0.29, 0.717) is 12.2 Å². The number of nitrogens with one attached hydrogen (secondary N) is 2. The van der Waals surface area contributed by atoms with E-state index in [0.717, 1.165) is 11.1 Å². The van der Waals surface area contributed by atoms with Gasteiger partial charge in [0.05, 0.1) is 13.1 Å². The smallest absolute Gasteiger partial charge is 0.330 e. The number of aromatic nitrogens is 2. The molecular formula is C25H31N5O3. The standard InChI is InChI=1S/C25H31N5O3/c1-5-29(16-20(31)27-19-13-11-18(12-14-19)25(2,3)4)21-22(26)30(24(33)28-23(21)32)15-17-9-7-6-8-10-17/h6-14H,5,15-16,26H2,1-4H3,(H,27,31)(H,28,32,33). The van der Waals surface area contributed by atoms with Crippen LogP contribution >= 0.6 is 0 Å². The highest BCUT2D eigenvalue weighted by molar-refractivity contribution is 5.94. The first kappa shape index (κ1) is 23.8. The Morgan fingerprint density at radius 3 is 2.27 bits per heavy atom. The van der Waals surface area contributed by atoms with E-state index in [-0.39, 0.29) is 35.9 Å². The molecule has 2 aromatic carbocycles. The summed E-state index contributed by atoms with van der Waals surface area (Å²) in [6, 6.07) is 17.0. The SMILES string of the molecule is CCN(CC(=O)Nc1ccc(C(C)(C)C)cc1)c1c(N)n(Cc2ccccc2)c(=O)[nH]c1=O. The summed E-state index contributed by atoms with van der Waals surface area (Å²) in [6.07, 6.45) is 0. The number of carbonyl (C=O) groups is 1. The minimum absolute atomic E-state index is 0.0168. The van der Waals surface area contributed by atoms with Crippen LogP contribution in [0.3, 0.4) is 0 Å². The number of amides is 1. The van der Waals surface area contributed by atoms with E-state index < -0.39 is 11.2 Å². The molecular weight excluding hydrogens is 418 g/mol. The van der Waals surface area contributed by atoms with Gasteiger partial charge in [0.1, 0.15) is 11.5 Å². The normalized spacial score (nSPS) is 11.3. The topological polar surface area (TPSA) is 113 Å². The number of rotatable bonds is 7. The molecule has 1 amide bonds. The van der Waals surface area contributed by atoms with E-state index in [1.807, 2.05) is 61.5 Å². The Kier molecular flexibility index (Phi) is 7.06. The molecule has 8 nitrogen and oxygen atoms in total. The Bertz CT molecular complexity index is 1220. The maximum atomic E-state index is 12.7. The van der Waals surface area contributed by atoms with Crippen LogP contribution in [-0.4, -0.2) is 28.5 Å². The van der Waals surface area contributed by atoms with E-state index in [1.54, 1.807) is 4.90 Å². The molecule has 4 N–H and O–H groups in total. The number of aromatic amines is 1. The average Bonchev–Trinajstić information content (AvgIpc) is 2.76. The highest BCUT2D eigenvalue weighted by Crippen LogP contribution is 2.23. The maximum Gasteiger partial charge on any atom is 0.330 e. The zero-order valence-corrected chi connectivity index (χ0v) is 19.5. The van der Waals surface area contributed by atoms with Crippen molar-refractivity contribution in [1.82, 2.24) is 9.55 Å². The van der Waals surface area contributed by atoms with Gasteiger partial charge in [-0.1, -0.05) is 63.2 Å². The van der Waals surface area contributed by atoms with Gasteiger partial charge >= 0.3 is 5.69 Å². The lowest BCUT2D eigenvalue weighted by Crippen LogP contribution is -2.41. The minimum Gasteiger partial charge on any atom is -0.383 e. The summed E-state index contributed by atoms with van der Waals surface area (Å²) in [6.45, 7) is 8.66. The molecule has 0 saturated carbocycles. The lowest BCUT2D eigenvalue weighted by molar-refractivity contribution is -0.115. The average molecular weight is 450 g/mol. The monoisotopic (exact) mass is 449 g/mol. The summed E-state index contributed by atoms with van der Waals surface area (Å²) in [7, 11) is 0. The molecule has 1 heterocycles. The van der Waals surface area contributed by atoms with Crippen LogP contribution in [-0.2, 0) is 16.8 Å². The van der Waals surface area contributed by atoms with Crippen molar-refractivity contribution in [3.63, 3.8) is 0 Å². The first-order valence-electron chi connectivity index (χ1n) is 10.9. The number of hydrogen-bond donors (Lipinski definition) is 3. The zero-order valence-electron chi connectivity index (χ0n) is 19.5. The molecule has 0 radical (unpaired) electrons. The molecule has 33 heavy (non-hydrogen) atoms. The van der Waals surface area contributed by atoms with Crippen LogP contribution in [0.2, 0.25) is 0 Å². The molecule has 3 aromatic rings. The van der Waals surface area contributed by atoms with Gasteiger partial charge in [-0.15, -0.1) is 0 Å². The number of anilines is 3. The van der Waals surface area contributed by atoms with E-state index >= 15 is 0 Å². The highest BCUT2D eigenvalue weighted by atomic mass is 16.2. The van der Waals surface area contributed by atoms with Crippen molar-refractivity contribution < 1.29 is 4.79 Å². The van der Waals surface area contributed by atoms with Gasteiger partial charge in [-0.3, -0.25) is 19.1 Å². The van der Waals surface area contributed by atoms with Gasteiger partial charge in [-0.05, 0) is 35.6 Å². The second kappa shape index (κ2) is 9.77. The van der Waals surface area contributed by atoms with Gasteiger partial charge in [-0.2, -0.15) is 0 Å². The molecule has 0 spiro atoms. The molecule has 174 valence electrons. The van der Waals surface area contributed by atoms with Gasteiger partial charge in [0.25, 0.3) is 5.56 Å². The van der Waals surface area contributed by atoms with Gasteiger partial charge in [0.2, 0.25) is 5.91 Å². The number of hydrogen-bond acceptors (Lipinski definition) is 5. The van der Waals surface area contributed by atoms with Gasteiger partial charge in [0, 0.05) is 12.2 Å². The third-order valence-corrected chi connectivity index (χ3v) is 5.46. The second-order valence-corrected chi connectivity index (χ2v) is 8.95. The Labute approximate surface area is 193 Å². The number of benzene rings is 2. The number of likely N-dealkylation sites (N-methyl/N-ethyl adjacent to an activating group) is 1. The van der Waals surface area contributed by atoms with Gasteiger partial charge in [-0.25, -0.2) is 4.79 Å². The number of nitrogens with two attached hydrogens (primary N) is 1. The van der Waals surface area contributed by atoms with Crippen molar-refractivity contribution in [1.29, 1.82) is 0 Å². The van der Waals surface area contributed by atoms with Crippen molar-refractivity contribution in [2.45, 2.75) is 39.7 Å². The van der Waals surface area contributed by atoms with Crippen LogP contribution in [0.5, 0.6) is 0 Å². The van der Waals surface area contributed by atoms with E-state index in [2.05, 4.69) is 31.1 Å². The summed E-state index contributed by atoms with van der Waals surface area (Å²) in [5.74, 6) is -0.267. The Morgan fingerprint density at radius 2 is 1.70 bits per heavy atom. The maximum absolute atomic E-state index is 12.7. The van der Waals surface area contributed by atoms with Crippen LogP contribution in [0.4, 0.5) is 17.2 Å². The fourth-order valence-electron chi connectivity index (χ4n) is 3.58. The van der Waals surface area contributed by atoms with Crippen LogP contribution < -0.4 is 27.2 Å². The van der Waals surface area contributed by atoms with Crippen LogP contribution in [0.1, 0.15) is 38.8 Å². The summed E-state index contributed by atoms with van der Waals surface area (Å²) < 4.78 is 1.30. The van der Waals surface area contributed by atoms with Crippen molar-refractivity contribution in [3.05, 3.63) is 86.6 Å². The van der Waals surface area contributed by atoms with Crippen molar-refractivity contribution in [3.8, 4) is 0 Å². The lowest BCUT2D eigenvalue weighted by atomic mass is 9.87. The van der Waals surface area contributed by atoms with Gasteiger partial charge in [0.15, 0.2) is 0 Å². The number of nitrogens with zero attached hydrogens (tertiary/aromatic N) is 2. The fraction of sp³-hybridized carbons (Fsp3) is 0.320. The van der Waals surface area contributed by atoms with Crippen molar-refractivity contribution in [2.24, 2.45) is 0 Å². The molecule has 0 fully saturated rings. The van der Waals surface area contributed by atoms with Crippen molar-refractivity contribution >= 4 is 23.1 Å². The summed E-state index contributed by atoms with van der Waals surface area (Å²) >= 11 is 0. The first-order valence-corrected chi connectivity index (χ1v) is 10.9. The largest absolute Gasteiger partial charge is 0.383 e. The van der Waals surface area contributed by atoms with E-state index in [4.69, 9.17) is 5.73 Å². The first-order chi connectivity index (χ1) is 15.6. The Morgan fingerprint density at radius 1 is 1.06 bits per heavy atom. The third-order valence-electron chi connectivity index (χ3n) is 5.46. The van der Waals surface area contributed by atoms with Crippen molar-refractivity contribution in [2.75, 3.05) is 29.0 Å². The Hall–Kier alpha value is -3.81. The molecule has 0 bridgehead atoms. The molecule has 0 unspecified atom stereocenters. The summed E-state index contributed by atoms with van der Waals surface area (Å²) in [4.78, 5) is 41.7. The predicted molar refractivity (Wildman–Crippen MR) is 133 cm³/mol. The number of nitrogen functional groups attached to an aromatic ring is 1. The third kappa shape index (κ3) is 5.71. The summed E-state index contributed by atoms with van der Waals surface area (Å²) in [5.41, 5.74) is 7.87. The highest BCUT2D eigenvalue weighted by Gasteiger charge is 2.20.